The Morgan fingerprint density at radius 2 is 2.18 bits per heavy atom. The molecule has 0 saturated carbocycles. The zero-order valence-corrected chi connectivity index (χ0v) is 11.9. The first-order chi connectivity index (χ1) is 8.29. The molecule has 0 aliphatic heterocycles. The molecule has 1 aromatic rings. The van der Waals surface area contributed by atoms with Crippen molar-refractivity contribution < 1.29 is 9.53 Å². The molecule has 1 radical (unpaired) electrons. The molecule has 0 aliphatic carbocycles. The Morgan fingerprint density at radius 1 is 1.47 bits per heavy atom. The number of benzene rings is 1. The van der Waals surface area contributed by atoms with Gasteiger partial charge < -0.3 is 4.74 Å². The Bertz CT molecular complexity index is 354. The van der Waals surface area contributed by atoms with Crippen LogP contribution in [-0.4, -0.2) is 22.4 Å². The summed E-state index contributed by atoms with van der Waals surface area (Å²) in [5, 5.41) is 0.411. The lowest BCUT2D eigenvalue weighted by Crippen LogP contribution is -2.13. The van der Waals surface area contributed by atoms with Crippen LogP contribution in [-0.2, 0) is 9.53 Å². The quantitative estimate of drug-likeness (QED) is 0.330. The maximum atomic E-state index is 11.8. The number of thioether (sulfide) groups is 2. The molecule has 1 rings (SSSR count). The van der Waals surface area contributed by atoms with Crippen LogP contribution in [0.1, 0.15) is 17.7 Å². The molecule has 17 heavy (non-hydrogen) atoms. The van der Waals surface area contributed by atoms with Crippen molar-refractivity contribution >= 4 is 46.4 Å². The Kier molecular flexibility index (Phi) is 7.32. The summed E-state index contributed by atoms with van der Waals surface area (Å²) < 4.78 is 7.65. The van der Waals surface area contributed by atoms with Crippen LogP contribution in [0.5, 0.6) is 0 Å². The van der Waals surface area contributed by atoms with Crippen LogP contribution >= 0.6 is 35.7 Å². The fourth-order valence-electron chi connectivity index (χ4n) is 1.27. The van der Waals surface area contributed by atoms with E-state index < -0.39 is 0 Å². The summed E-state index contributed by atoms with van der Waals surface area (Å²) in [6, 6.07) is 9.62. The fourth-order valence-corrected chi connectivity index (χ4v) is 3.27. The first-order valence-electron chi connectivity index (χ1n) is 5.11. The number of ether oxygens (including phenoxy) is 1. The predicted molar refractivity (Wildman–Crippen MR) is 78.5 cm³/mol. The van der Waals surface area contributed by atoms with Gasteiger partial charge in [-0.3, -0.25) is 4.79 Å². The molecule has 2 nitrogen and oxygen atoms in total. The molecular formula is C12H13O2S3. The van der Waals surface area contributed by atoms with E-state index in [4.69, 9.17) is 4.74 Å². The molecule has 0 spiro atoms. The van der Waals surface area contributed by atoms with Crippen molar-refractivity contribution in [3.63, 3.8) is 0 Å². The van der Waals surface area contributed by atoms with Crippen LogP contribution in [0.3, 0.4) is 0 Å². The van der Waals surface area contributed by atoms with E-state index in [0.29, 0.717) is 11.7 Å². The Hall–Kier alpha value is -0.520. The molecule has 1 aromatic carbocycles. The number of rotatable bonds is 7. The van der Waals surface area contributed by atoms with E-state index in [0.717, 1.165) is 5.56 Å². The lowest BCUT2D eigenvalue weighted by molar-refractivity contribution is -0.142. The van der Waals surface area contributed by atoms with Crippen molar-refractivity contribution in [3.05, 3.63) is 35.9 Å². The summed E-state index contributed by atoms with van der Waals surface area (Å²) in [5.74, 6) is -0.200. The highest BCUT2D eigenvalue weighted by molar-refractivity contribution is 8.28. The van der Waals surface area contributed by atoms with Gasteiger partial charge in [0, 0.05) is 5.08 Å². The van der Waals surface area contributed by atoms with Crippen molar-refractivity contribution in [2.75, 3.05) is 11.7 Å². The number of thiocarbonyl (C=S) groups is 1. The molecule has 0 amide bonds. The van der Waals surface area contributed by atoms with E-state index in [-0.39, 0.29) is 11.2 Å². The molecule has 5 heteroatoms. The maximum Gasteiger partial charge on any atom is 0.323 e. The van der Waals surface area contributed by atoms with Crippen LogP contribution in [0, 0.1) is 0 Å². The molecule has 0 aromatic heterocycles. The van der Waals surface area contributed by atoms with Gasteiger partial charge in [-0.25, -0.2) is 0 Å². The average molecular weight is 285 g/mol. The first-order valence-corrected chi connectivity index (χ1v) is 7.56. The second-order valence-corrected chi connectivity index (χ2v) is 5.76. The van der Waals surface area contributed by atoms with Gasteiger partial charge in [-0.2, -0.15) is 0 Å². The van der Waals surface area contributed by atoms with Crippen LogP contribution in [0.25, 0.3) is 0 Å². The van der Waals surface area contributed by atoms with Crippen LogP contribution in [0.15, 0.2) is 30.3 Å². The SMILES string of the molecule is CCOC(=O)C(SCS[C]=S)c1ccccc1. The van der Waals surface area contributed by atoms with Gasteiger partial charge in [-0.05, 0) is 12.5 Å². The van der Waals surface area contributed by atoms with Gasteiger partial charge in [-0.15, -0.1) is 23.5 Å². The van der Waals surface area contributed by atoms with E-state index in [1.165, 1.54) is 23.5 Å². The van der Waals surface area contributed by atoms with Gasteiger partial charge in [0.15, 0.2) is 0 Å². The van der Waals surface area contributed by atoms with E-state index >= 15 is 0 Å². The summed E-state index contributed by atoms with van der Waals surface area (Å²) in [6.07, 6.45) is 0. The van der Waals surface area contributed by atoms with Crippen LogP contribution in [0.2, 0.25) is 0 Å². The molecule has 0 fully saturated rings. The number of esters is 1. The first kappa shape index (κ1) is 14.5. The third-order valence-corrected chi connectivity index (χ3v) is 4.24. The van der Waals surface area contributed by atoms with E-state index in [9.17, 15) is 4.79 Å². The zero-order valence-electron chi connectivity index (χ0n) is 9.42. The largest absolute Gasteiger partial charge is 0.465 e. The third kappa shape index (κ3) is 5.10. The molecule has 0 N–H and O–H groups in total. The summed E-state index contributed by atoms with van der Waals surface area (Å²) in [7, 11) is 0. The topological polar surface area (TPSA) is 26.3 Å². The lowest BCUT2D eigenvalue weighted by Gasteiger charge is -2.14. The maximum absolute atomic E-state index is 11.8. The normalized spacial score (nSPS) is 11.8. The lowest BCUT2D eigenvalue weighted by atomic mass is 10.1. The smallest absolute Gasteiger partial charge is 0.323 e. The van der Waals surface area contributed by atoms with E-state index in [1.54, 1.807) is 0 Å². The van der Waals surface area contributed by atoms with Crippen LogP contribution < -0.4 is 0 Å². The van der Waals surface area contributed by atoms with Gasteiger partial charge in [0.25, 0.3) is 0 Å². The van der Waals surface area contributed by atoms with Crippen LogP contribution in [0.4, 0.5) is 0 Å². The van der Waals surface area contributed by atoms with Gasteiger partial charge in [0.2, 0.25) is 0 Å². The number of carbonyl (C=O) groups is 1. The highest BCUT2D eigenvalue weighted by Gasteiger charge is 2.21. The summed E-state index contributed by atoms with van der Waals surface area (Å²) in [5.41, 5.74) is 0.959. The van der Waals surface area contributed by atoms with Crippen molar-refractivity contribution in [2.45, 2.75) is 12.2 Å². The van der Waals surface area contributed by atoms with Crippen molar-refractivity contribution in [1.82, 2.24) is 0 Å². The van der Waals surface area contributed by atoms with E-state index in [1.807, 2.05) is 37.3 Å². The Balaban J connectivity index is 2.71. The van der Waals surface area contributed by atoms with Gasteiger partial charge in [-0.1, -0.05) is 42.5 Å². The fraction of sp³-hybridized carbons (Fsp3) is 0.333. The molecule has 0 bridgehead atoms. The minimum Gasteiger partial charge on any atom is -0.465 e. The summed E-state index contributed by atoms with van der Waals surface area (Å²) in [6.45, 7) is 2.21. The second-order valence-electron chi connectivity index (χ2n) is 3.05. The highest BCUT2D eigenvalue weighted by atomic mass is 32.2. The molecule has 1 unspecified atom stereocenters. The number of carbonyl (C=O) groups excluding carboxylic acids is 1. The summed E-state index contributed by atoms with van der Waals surface area (Å²) in [4.78, 5) is 11.8. The van der Waals surface area contributed by atoms with E-state index in [2.05, 4.69) is 16.9 Å². The minimum absolute atomic E-state index is 0.200. The second kappa shape index (κ2) is 8.55. The molecule has 0 heterocycles. The summed E-state index contributed by atoms with van der Waals surface area (Å²) >= 11 is 7.51. The minimum atomic E-state index is -0.285. The molecule has 0 aliphatic rings. The average Bonchev–Trinajstić information content (AvgIpc) is 2.36. The van der Waals surface area contributed by atoms with Crippen molar-refractivity contribution in [3.8, 4) is 0 Å². The standard InChI is InChI=1S/C12H13O2S3/c1-2-14-12(13)11(17-9-16-8-15)10-6-4-3-5-7-10/h3-7,11H,2,9H2,1H3. The molecule has 1 atom stereocenters. The molecule has 0 saturated heterocycles. The zero-order chi connectivity index (χ0) is 12.5. The number of hydrogen-bond donors (Lipinski definition) is 0. The predicted octanol–water partition coefficient (Wildman–Crippen LogP) is 3.55. The van der Waals surface area contributed by atoms with Gasteiger partial charge >= 0.3 is 5.97 Å². The monoisotopic (exact) mass is 285 g/mol. The number of hydrogen-bond acceptors (Lipinski definition) is 5. The van der Waals surface area contributed by atoms with Crippen molar-refractivity contribution in [1.29, 1.82) is 0 Å². The molecule has 91 valence electrons. The Labute approximate surface area is 116 Å². The Morgan fingerprint density at radius 3 is 2.76 bits per heavy atom. The van der Waals surface area contributed by atoms with Gasteiger partial charge in [0.05, 0.1) is 11.3 Å². The van der Waals surface area contributed by atoms with Crippen molar-refractivity contribution in [2.24, 2.45) is 0 Å². The highest BCUT2D eigenvalue weighted by Crippen LogP contribution is 2.32. The van der Waals surface area contributed by atoms with Gasteiger partial charge in [0.1, 0.15) is 5.25 Å². The molecular weight excluding hydrogens is 272 g/mol. The third-order valence-electron chi connectivity index (χ3n) is 1.96.